The van der Waals surface area contributed by atoms with E-state index in [1.54, 1.807) is 36.0 Å². The number of pyridine rings is 1. The fraction of sp³-hybridized carbons (Fsp3) is 0.455. The molecule has 12 heteroatoms. The number of halogens is 2. The van der Waals surface area contributed by atoms with Crippen molar-refractivity contribution >= 4 is 28.9 Å². The molecule has 4 heterocycles. The molecule has 0 aromatic carbocycles. The molecular formula is C22H25F2N7O3. The van der Waals surface area contributed by atoms with Gasteiger partial charge in [-0.05, 0) is 31.4 Å². The Hall–Kier alpha value is -3.54. The summed E-state index contributed by atoms with van der Waals surface area (Å²) in [5.41, 5.74) is 0.329. The Balaban J connectivity index is 1.46. The van der Waals surface area contributed by atoms with Crippen LogP contribution in [0.4, 0.5) is 26.1 Å². The first-order valence-electron chi connectivity index (χ1n) is 11.2. The van der Waals surface area contributed by atoms with Gasteiger partial charge >= 0.3 is 0 Å². The third-order valence-electron chi connectivity index (χ3n) is 6.32. The van der Waals surface area contributed by atoms with Gasteiger partial charge in [0.15, 0.2) is 5.65 Å². The maximum absolute atomic E-state index is 13.6. The van der Waals surface area contributed by atoms with Crippen LogP contribution < -0.4 is 21.5 Å². The van der Waals surface area contributed by atoms with E-state index in [9.17, 15) is 18.4 Å². The average molecular weight is 473 g/mol. The van der Waals surface area contributed by atoms with Crippen molar-refractivity contribution in [1.29, 1.82) is 0 Å². The number of alkyl halides is 2. The fourth-order valence-corrected chi connectivity index (χ4v) is 4.26. The third kappa shape index (κ3) is 3.98. The summed E-state index contributed by atoms with van der Waals surface area (Å²) in [5, 5.41) is 12.6. The van der Waals surface area contributed by atoms with Crippen molar-refractivity contribution in [3.8, 4) is 0 Å². The first kappa shape index (κ1) is 22.3. The zero-order valence-electron chi connectivity index (χ0n) is 18.6. The number of rotatable bonds is 6. The SMILES string of the molecule is CNc1cc(Nc2cccn(C3CCCOC3)c2=O)nc2c(C(=O)N[C@H]3CCC3(F)F)cnn12. The minimum absolute atomic E-state index is 0.0407. The van der Waals surface area contributed by atoms with Gasteiger partial charge in [-0.3, -0.25) is 9.59 Å². The molecule has 180 valence electrons. The molecule has 2 atom stereocenters. The molecule has 2 aliphatic rings. The number of amides is 1. The van der Waals surface area contributed by atoms with E-state index in [-0.39, 0.29) is 35.7 Å². The van der Waals surface area contributed by atoms with Gasteiger partial charge in [-0.15, -0.1) is 0 Å². The minimum Gasteiger partial charge on any atom is -0.379 e. The first-order chi connectivity index (χ1) is 16.4. The highest BCUT2D eigenvalue weighted by Crippen LogP contribution is 2.37. The monoisotopic (exact) mass is 473 g/mol. The van der Waals surface area contributed by atoms with Crippen LogP contribution in [-0.4, -0.2) is 57.3 Å². The fourth-order valence-electron chi connectivity index (χ4n) is 4.26. The Bertz CT molecular complexity index is 1280. The molecule has 10 nitrogen and oxygen atoms in total. The van der Waals surface area contributed by atoms with Gasteiger partial charge in [0.1, 0.15) is 22.9 Å². The number of aromatic nitrogens is 4. The van der Waals surface area contributed by atoms with E-state index in [0.717, 1.165) is 12.8 Å². The van der Waals surface area contributed by atoms with Crippen molar-refractivity contribution in [2.75, 3.05) is 30.9 Å². The molecule has 3 aromatic heterocycles. The van der Waals surface area contributed by atoms with E-state index in [1.165, 1.54) is 10.7 Å². The molecule has 0 spiro atoms. The van der Waals surface area contributed by atoms with Crippen molar-refractivity contribution < 1.29 is 18.3 Å². The van der Waals surface area contributed by atoms with Crippen molar-refractivity contribution in [2.24, 2.45) is 0 Å². The van der Waals surface area contributed by atoms with Gasteiger partial charge in [0.05, 0.1) is 24.9 Å². The van der Waals surface area contributed by atoms with Crippen LogP contribution in [0.2, 0.25) is 0 Å². The second-order valence-corrected chi connectivity index (χ2v) is 8.53. The van der Waals surface area contributed by atoms with Crippen molar-refractivity contribution in [1.82, 2.24) is 24.5 Å². The Morgan fingerprint density at radius 2 is 2.18 bits per heavy atom. The lowest BCUT2D eigenvalue weighted by molar-refractivity contribution is -0.102. The number of carbonyl (C=O) groups is 1. The second-order valence-electron chi connectivity index (χ2n) is 8.53. The van der Waals surface area contributed by atoms with Crippen LogP contribution in [0.15, 0.2) is 35.4 Å². The Labute approximate surface area is 193 Å². The zero-order valence-corrected chi connectivity index (χ0v) is 18.6. The van der Waals surface area contributed by atoms with Gasteiger partial charge < -0.3 is 25.3 Å². The summed E-state index contributed by atoms with van der Waals surface area (Å²) in [6.45, 7) is 1.17. The first-order valence-corrected chi connectivity index (χ1v) is 11.2. The molecule has 3 N–H and O–H groups in total. The predicted octanol–water partition coefficient (Wildman–Crippen LogP) is 2.56. The highest BCUT2D eigenvalue weighted by molar-refractivity contribution is 6.00. The highest BCUT2D eigenvalue weighted by atomic mass is 19.3. The van der Waals surface area contributed by atoms with Crippen LogP contribution in [0.25, 0.3) is 5.65 Å². The van der Waals surface area contributed by atoms with Gasteiger partial charge in [0.25, 0.3) is 17.4 Å². The zero-order chi connectivity index (χ0) is 23.9. The van der Waals surface area contributed by atoms with Gasteiger partial charge in [0.2, 0.25) is 0 Å². The predicted molar refractivity (Wildman–Crippen MR) is 121 cm³/mol. The van der Waals surface area contributed by atoms with E-state index in [2.05, 4.69) is 26.0 Å². The normalized spacial score (nSPS) is 21.6. The largest absolute Gasteiger partial charge is 0.379 e. The molecule has 34 heavy (non-hydrogen) atoms. The van der Waals surface area contributed by atoms with Crippen molar-refractivity contribution in [3.05, 3.63) is 46.5 Å². The van der Waals surface area contributed by atoms with E-state index < -0.39 is 17.9 Å². The lowest BCUT2D eigenvalue weighted by Gasteiger charge is -2.36. The summed E-state index contributed by atoms with van der Waals surface area (Å²) in [6, 6.07) is 3.82. The molecular weight excluding hydrogens is 448 g/mol. The van der Waals surface area contributed by atoms with Gasteiger partial charge in [-0.1, -0.05) is 0 Å². The summed E-state index contributed by atoms with van der Waals surface area (Å²) < 4.78 is 35.8. The number of hydrogen-bond acceptors (Lipinski definition) is 7. The average Bonchev–Trinajstić information content (AvgIpc) is 3.27. The van der Waals surface area contributed by atoms with Crippen LogP contribution in [0.1, 0.15) is 42.1 Å². The molecule has 3 aromatic rings. The van der Waals surface area contributed by atoms with Crippen LogP contribution in [-0.2, 0) is 4.74 Å². The van der Waals surface area contributed by atoms with Gasteiger partial charge in [-0.25, -0.2) is 13.8 Å². The minimum atomic E-state index is -2.91. The van der Waals surface area contributed by atoms with E-state index in [1.807, 2.05) is 0 Å². The number of fused-ring (bicyclic) bond motifs is 1. The van der Waals surface area contributed by atoms with E-state index in [4.69, 9.17) is 4.74 Å². The maximum Gasteiger partial charge on any atom is 0.274 e. The number of nitrogens with zero attached hydrogens (tertiary/aromatic N) is 4. The molecule has 1 aliphatic carbocycles. The molecule has 1 aliphatic heterocycles. The Morgan fingerprint density at radius 1 is 1.32 bits per heavy atom. The molecule has 1 saturated carbocycles. The summed E-state index contributed by atoms with van der Waals surface area (Å²) in [5.74, 6) is -2.79. The van der Waals surface area contributed by atoms with E-state index >= 15 is 0 Å². The number of anilines is 3. The van der Waals surface area contributed by atoms with Crippen molar-refractivity contribution in [3.63, 3.8) is 0 Å². The van der Waals surface area contributed by atoms with Gasteiger partial charge in [-0.2, -0.15) is 9.61 Å². The highest BCUT2D eigenvalue weighted by Gasteiger charge is 2.49. The van der Waals surface area contributed by atoms with Crippen LogP contribution in [0.3, 0.4) is 0 Å². The summed E-state index contributed by atoms with van der Waals surface area (Å²) >= 11 is 0. The molecule has 1 saturated heterocycles. The second kappa shape index (κ2) is 8.67. The Kier molecular flexibility index (Phi) is 5.68. The smallest absolute Gasteiger partial charge is 0.274 e. The topological polar surface area (TPSA) is 115 Å². The van der Waals surface area contributed by atoms with Crippen molar-refractivity contribution in [2.45, 2.75) is 43.7 Å². The number of hydrogen-bond donors (Lipinski definition) is 3. The van der Waals surface area contributed by atoms with E-state index in [0.29, 0.717) is 30.5 Å². The molecule has 5 rings (SSSR count). The molecule has 1 unspecified atom stereocenters. The summed E-state index contributed by atoms with van der Waals surface area (Å²) in [4.78, 5) is 30.3. The molecule has 0 bridgehead atoms. The Morgan fingerprint density at radius 3 is 2.85 bits per heavy atom. The summed E-state index contributed by atoms with van der Waals surface area (Å²) in [6.07, 6.45) is 4.73. The number of nitrogens with one attached hydrogen (secondary N) is 3. The number of ether oxygens (including phenoxy) is 1. The maximum atomic E-state index is 13.6. The van der Waals surface area contributed by atoms with Crippen LogP contribution in [0, 0.1) is 0 Å². The quantitative estimate of drug-likeness (QED) is 0.504. The van der Waals surface area contributed by atoms with Crippen LogP contribution in [0.5, 0.6) is 0 Å². The number of carbonyl (C=O) groups excluding carboxylic acids is 1. The third-order valence-corrected chi connectivity index (χ3v) is 6.32. The molecule has 0 radical (unpaired) electrons. The molecule has 1 amide bonds. The summed E-state index contributed by atoms with van der Waals surface area (Å²) in [7, 11) is 1.67. The van der Waals surface area contributed by atoms with Crippen LogP contribution >= 0.6 is 0 Å². The van der Waals surface area contributed by atoms with Gasteiger partial charge in [0, 0.05) is 32.3 Å². The lowest BCUT2D eigenvalue weighted by Crippen LogP contribution is -2.55. The molecule has 2 fully saturated rings. The standard InChI is InChI=1S/C22H25F2N7O3/c1-25-18-10-17(27-15-5-2-8-30(21(15)33)13-4-3-9-34-12-13)29-19-14(11-26-31(18)19)20(32)28-16-6-7-22(16,23)24/h2,5,8,10-11,13,16,25H,3-4,6-7,9,12H2,1H3,(H,27,29)(H,28,32)/t13?,16-/m0/s1. The lowest BCUT2D eigenvalue weighted by atomic mass is 9.88.